The SMILES string of the molecule is C[C@H]1C(=O)C[C@@H]2[C@H]([C@@H]1O)[C@@H](C(C)(C)O)CC[C@@]2(C)O. The van der Waals surface area contributed by atoms with Crippen molar-refractivity contribution in [2.24, 2.45) is 23.7 Å². The van der Waals surface area contributed by atoms with Crippen LogP contribution in [0.3, 0.4) is 0 Å². The van der Waals surface area contributed by atoms with Gasteiger partial charge in [0.1, 0.15) is 5.78 Å². The molecule has 0 bridgehead atoms. The highest BCUT2D eigenvalue weighted by Crippen LogP contribution is 2.51. The van der Waals surface area contributed by atoms with Gasteiger partial charge in [-0.25, -0.2) is 0 Å². The van der Waals surface area contributed by atoms with Crippen LogP contribution < -0.4 is 0 Å². The molecule has 3 N–H and O–H groups in total. The molecule has 4 heteroatoms. The number of hydrogen-bond acceptors (Lipinski definition) is 4. The Balaban J connectivity index is 2.38. The summed E-state index contributed by atoms with van der Waals surface area (Å²) in [7, 11) is 0. The number of carbonyl (C=O) groups excluding carboxylic acids is 1. The molecule has 19 heavy (non-hydrogen) atoms. The Morgan fingerprint density at radius 1 is 1.37 bits per heavy atom. The van der Waals surface area contributed by atoms with Crippen molar-refractivity contribution in [2.75, 3.05) is 0 Å². The first-order valence-corrected chi connectivity index (χ1v) is 7.21. The molecule has 4 nitrogen and oxygen atoms in total. The fourth-order valence-electron chi connectivity index (χ4n) is 4.10. The van der Waals surface area contributed by atoms with E-state index in [4.69, 9.17) is 0 Å². The Labute approximate surface area is 114 Å². The number of hydrogen-bond donors (Lipinski definition) is 3. The third-order valence-corrected chi connectivity index (χ3v) is 5.43. The molecule has 0 aromatic rings. The Morgan fingerprint density at radius 3 is 2.47 bits per heavy atom. The largest absolute Gasteiger partial charge is 0.392 e. The van der Waals surface area contributed by atoms with Crippen LogP contribution in [0.5, 0.6) is 0 Å². The number of fused-ring (bicyclic) bond motifs is 1. The Kier molecular flexibility index (Phi) is 3.57. The molecule has 0 spiro atoms. The molecule has 0 aromatic heterocycles. The van der Waals surface area contributed by atoms with Crippen LogP contribution in [-0.4, -0.2) is 38.4 Å². The minimum Gasteiger partial charge on any atom is -0.392 e. The standard InChI is InChI=1S/C15H26O4/c1-8-11(16)7-10-12(13(8)17)9(14(2,3)18)5-6-15(10,4)19/h8-10,12-13,17-19H,5-7H2,1-4H3/t8-,9-,10+,12+,13+,15+/m0/s1. The number of rotatable bonds is 1. The van der Waals surface area contributed by atoms with Gasteiger partial charge in [0.15, 0.2) is 0 Å². The van der Waals surface area contributed by atoms with E-state index >= 15 is 0 Å². The van der Waals surface area contributed by atoms with Gasteiger partial charge in [-0.1, -0.05) is 6.92 Å². The van der Waals surface area contributed by atoms with Gasteiger partial charge in [0.25, 0.3) is 0 Å². The zero-order valence-corrected chi connectivity index (χ0v) is 12.3. The molecule has 110 valence electrons. The maximum absolute atomic E-state index is 12.0. The van der Waals surface area contributed by atoms with Gasteiger partial charge in [0.05, 0.1) is 17.3 Å². The van der Waals surface area contributed by atoms with Crippen molar-refractivity contribution in [1.29, 1.82) is 0 Å². The number of aliphatic hydroxyl groups is 3. The Hall–Kier alpha value is -0.450. The van der Waals surface area contributed by atoms with E-state index in [2.05, 4.69) is 0 Å². The predicted octanol–water partition coefficient (Wildman–Crippen LogP) is 1.12. The minimum atomic E-state index is -0.927. The minimum absolute atomic E-state index is 0.0189. The second-order valence-electron chi connectivity index (χ2n) is 7.29. The lowest BCUT2D eigenvalue weighted by Gasteiger charge is -2.54. The van der Waals surface area contributed by atoms with E-state index in [-0.39, 0.29) is 23.5 Å². The highest BCUT2D eigenvalue weighted by molar-refractivity contribution is 5.82. The summed E-state index contributed by atoms with van der Waals surface area (Å²) in [5.74, 6) is -0.929. The molecule has 0 unspecified atom stereocenters. The van der Waals surface area contributed by atoms with Crippen molar-refractivity contribution in [2.45, 2.75) is 64.3 Å². The van der Waals surface area contributed by atoms with Gasteiger partial charge >= 0.3 is 0 Å². The summed E-state index contributed by atoms with van der Waals surface area (Å²) in [6.07, 6.45) is 0.782. The molecular formula is C15H26O4. The second-order valence-corrected chi connectivity index (χ2v) is 7.29. The highest BCUT2D eigenvalue weighted by atomic mass is 16.3. The van der Waals surface area contributed by atoms with Gasteiger partial charge in [-0.2, -0.15) is 0 Å². The number of aliphatic hydroxyl groups excluding tert-OH is 1. The van der Waals surface area contributed by atoms with Crippen LogP contribution in [0.4, 0.5) is 0 Å². The molecule has 2 aliphatic carbocycles. The molecular weight excluding hydrogens is 244 g/mol. The van der Waals surface area contributed by atoms with E-state index in [1.807, 2.05) is 0 Å². The summed E-state index contributed by atoms with van der Waals surface area (Å²) < 4.78 is 0. The molecule has 2 rings (SSSR count). The van der Waals surface area contributed by atoms with Crippen molar-refractivity contribution in [3.05, 3.63) is 0 Å². The van der Waals surface area contributed by atoms with Crippen molar-refractivity contribution in [3.8, 4) is 0 Å². The molecule has 6 atom stereocenters. The molecule has 2 aliphatic rings. The monoisotopic (exact) mass is 270 g/mol. The molecule has 0 aromatic carbocycles. The zero-order chi connectivity index (χ0) is 14.6. The Morgan fingerprint density at radius 2 is 1.95 bits per heavy atom. The number of ketones is 1. The van der Waals surface area contributed by atoms with Crippen LogP contribution in [0.2, 0.25) is 0 Å². The Bertz CT molecular complexity index is 369. The van der Waals surface area contributed by atoms with E-state index in [0.29, 0.717) is 19.3 Å². The van der Waals surface area contributed by atoms with Crippen LogP contribution in [0.15, 0.2) is 0 Å². The van der Waals surface area contributed by atoms with Crippen LogP contribution in [0.25, 0.3) is 0 Å². The first-order chi connectivity index (χ1) is 8.55. The van der Waals surface area contributed by atoms with E-state index in [0.717, 1.165) is 0 Å². The smallest absolute Gasteiger partial charge is 0.138 e. The van der Waals surface area contributed by atoms with E-state index < -0.39 is 23.2 Å². The van der Waals surface area contributed by atoms with Crippen LogP contribution in [-0.2, 0) is 4.79 Å². The summed E-state index contributed by atoms with van der Waals surface area (Å²) in [5.41, 5.74) is -1.83. The lowest BCUT2D eigenvalue weighted by atomic mass is 9.54. The third-order valence-electron chi connectivity index (χ3n) is 5.43. The summed E-state index contributed by atoms with van der Waals surface area (Å²) in [4.78, 5) is 12.0. The van der Waals surface area contributed by atoms with Gasteiger partial charge in [-0.3, -0.25) is 4.79 Å². The van der Waals surface area contributed by atoms with Gasteiger partial charge in [-0.15, -0.1) is 0 Å². The van der Waals surface area contributed by atoms with Crippen molar-refractivity contribution in [1.82, 2.24) is 0 Å². The summed E-state index contributed by atoms with van der Waals surface area (Å²) in [5, 5.41) is 31.3. The van der Waals surface area contributed by atoms with Crippen molar-refractivity contribution < 1.29 is 20.1 Å². The lowest BCUT2D eigenvalue weighted by molar-refractivity contribution is -0.184. The molecule has 0 radical (unpaired) electrons. The first kappa shape index (κ1) is 14.9. The zero-order valence-electron chi connectivity index (χ0n) is 12.3. The van der Waals surface area contributed by atoms with E-state index in [9.17, 15) is 20.1 Å². The third kappa shape index (κ3) is 2.46. The summed E-state index contributed by atoms with van der Waals surface area (Å²) in [6.45, 7) is 7.00. The van der Waals surface area contributed by atoms with Crippen molar-refractivity contribution in [3.63, 3.8) is 0 Å². The average molecular weight is 270 g/mol. The van der Waals surface area contributed by atoms with E-state index in [1.165, 1.54) is 0 Å². The topological polar surface area (TPSA) is 77.8 Å². The quantitative estimate of drug-likeness (QED) is 0.667. The predicted molar refractivity (Wildman–Crippen MR) is 71.4 cm³/mol. The molecule has 0 heterocycles. The van der Waals surface area contributed by atoms with Gasteiger partial charge in [-0.05, 0) is 51.4 Å². The van der Waals surface area contributed by atoms with Gasteiger partial charge < -0.3 is 15.3 Å². The summed E-state index contributed by atoms with van der Waals surface area (Å²) >= 11 is 0. The number of Topliss-reactive ketones (excluding diaryl/α,β-unsaturated/α-hetero) is 1. The fourth-order valence-corrected chi connectivity index (χ4v) is 4.10. The lowest BCUT2D eigenvalue weighted by Crippen LogP contribution is -2.60. The molecule has 0 saturated heterocycles. The van der Waals surface area contributed by atoms with Crippen LogP contribution >= 0.6 is 0 Å². The fraction of sp³-hybridized carbons (Fsp3) is 0.933. The molecule has 0 amide bonds. The summed E-state index contributed by atoms with van der Waals surface area (Å²) in [6, 6.07) is 0. The van der Waals surface area contributed by atoms with Gasteiger partial charge in [0.2, 0.25) is 0 Å². The molecule has 2 fully saturated rings. The van der Waals surface area contributed by atoms with Crippen LogP contribution in [0.1, 0.15) is 47.0 Å². The maximum Gasteiger partial charge on any atom is 0.138 e. The van der Waals surface area contributed by atoms with Gasteiger partial charge in [0, 0.05) is 12.3 Å². The first-order valence-electron chi connectivity index (χ1n) is 7.21. The average Bonchev–Trinajstić information content (AvgIpc) is 2.25. The highest BCUT2D eigenvalue weighted by Gasteiger charge is 2.56. The molecule has 2 saturated carbocycles. The normalized spacial score (nSPS) is 47.9. The maximum atomic E-state index is 12.0. The van der Waals surface area contributed by atoms with Crippen LogP contribution in [0, 0.1) is 23.7 Å². The second kappa shape index (κ2) is 4.54. The van der Waals surface area contributed by atoms with Crippen molar-refractivity contribution >= 4 is 5.78 Å². The molecule has 0 aliphatic heterocycles. The number of carbonyl (C=O) groups is 1. The van der Waals surface area contributed by atoms with E-state index in [1.54, 1.807) is 27.7 Å².